The molecule has 0 radical (unpaired) electrons. The fraction of sp³-hybridized carbons (Fsp3) is 0.125. The van der Waals surface area contributed by atoms with Crippen molar-refractivity contribution < 1.29 is 4.79 Å². The van der Waals surface area contributed by atoms with Crippen LogP contribution in [0.2, 0.25) is 0 Å². The number of carbonyl (C=O) groups is 1. The molecule has 0 aliphatic rings. The van der Waals surface area contributed by atoms with Crippen LogP contribution in [0.1, 0.15) is 16.4 Å². The molecule has 88 valence electrons. The van der Waals surface area contributed by atoms with Gasteiger partial charge in [0, 0.05) is 0 Å². The normalized spacial score (nSPS) is 10.3. The maximum Gasteiger partial charge on any atom is 0.296 e. The van der Waals surface area contributed by atoms with Gasteiger partial charge in [0.05, 0.1) is 6.20 Å². The van der Waals surface area contributed by atoms with Crippen LogP contribution in [0.15, 0.2) is 15.4 Å². The van der Waals surface area contributed by atoms with Crippen molar-refractivity contribution in [3.63, 3.8) is 0 Å². The summed E-state index contributed by atoms with van der Waals surface area (Å²) in [5.41, 5.74) is 0. The summed E-state index contributed by atoms with van der Waals surface area (Å²) in [6.07, 6.45) is 1.48. The zero-order valence-electron chi connectivity index (χ0n) is 8.53. The predicted octanol–water partition coefficient (Wildman–Crippen LogP) is 1.68. The summed E-state index contributed by atoms with van der Waals surface area (Å²) < 4.78 is 0.989. The van der Waals surface area contributed by atoms with Crippen LogP contribution in [0.3, 0.4) is 0 Å². The highest BCUT2D eigenvalue weighted by Crippen LogP contribution is 2.19. The highest BCUT2D eigenvalue weighted by atomic mass is 79.9. The average Bonchev–Trinajstić information content (AvgIpc) is 2.69. The molecule has 0 bridgehead atoms. The zero-order valence-corrected chi connectivity index (χ0v) is 11.7. The third kappa shape index (κ3) is 2.86. The van der Waals surface area contributed by atoms with E-state index < -0.39 is 5.91 Å². The van der Waals surface area contributed by atoms with Gasteiger partial charge in [-0.2, -0.15) is 0 Å². The van der Waals surface area contributed by atoms with E-state index in [1.165, 1.54) is 6.20 Å². The molecule has 7 nitrogen and oxygen atoms in total. The van der Waals surface area contributed by atoms with Crippen LogP contribution < -0.4 is 5.32 Å². The van der Waals surface area contributed by atoms with Crippen LogP contribution >= 0.6 is 31.9 Å². The fourth-order valence-electron chi connectivity index (χ4n) is 1.04. The molecule has 17 heavy (non-hydrogen) atoms. The molecule has 0 aromatic carbocycles. The lowest BCUT2D eigenvalue weighted by Crippen LogP contribution is -2.15. The quantitative estimate of drug-likeness (QED) is 0.848. The molecule has 0 saturated carbocycles. The summed E-state index contributed by atoms with van der Waals surface area (Å²) in [6, 6.07) is 0. The topological polar surface area (TPSA) is 96.5 Å². The number of anilines is 1. The van der Waals surface area contributed by atoms with Crippen LogP contribution in [0.25, 0.3) is 0 Å². The number of amides is 1. The van der Waals surface area contributed by atoms with E-state index in [1.807, 2.05) is 0 Å². The second kappa shape index (κ2) is 4.88. The Hall–Kier alpha value is -1.35. The number of aryl methyl sites for hydroxylation is 1. The van der Waals surface area contributed by atoms with Crippen molar-refractivity contribution in [3.05, 3.63) is 27.1 Å². The second-order valence-electron chi connectivity index (χ2n) is 3.03. The first-order valence-corrected chi connectivity index (χ1v) is 6.03. The molecule has 2 N–H and O–H groups in total. The van der Waals surface area contributed by atoms with Gasteiger partial charge in [-0.3, -0.25) is 9.89 Å². The molecular weight excluding hydrogens is 356 g/mol. The molecule has 0 aliphatic carbocycles. The van der Waals surface area contributed by atoms with Gasteiger partial charge in [0.2, 0.25) is 5.82 Å². The van der Waals surface area contributed by atoms with Gasteiger partial charge in [-0.05, 0) is 38.8 Å². The lowest BCUT2D eigenvalue weighted by Gasteiger charge is -2.03. The molecule has 0 unspecified atom stereocenters. The number of nitrogens with zero attached hydrogens (tertiary/aromatic N) is 4. The Morgan fingerprint density at radius 3 is 2.76 bits per heavy atom. The number of aromatic amines is 1. The Balaban J connectivity index is 2.18. The average molecular weight is 362 g/mol. The number of H-pyrrole nitrogens is 1. The first-order valence-electron chi connectivity index (χ1n) is 4.44. The van der Waals surface area contributed by atoms with Gasteiger partial charge in [-0.1, -0.05) is 0 Å². The summed E-state index contributed by atoms with van der Waals surface area (Å²) in [6.45, 7) is 1.71. The Bertz CT molecular complexity index is 569. The number of halogens is 2. The molecule has 0 fully saturated rings. The van der Waals surface area contributed by atoms with Crippen molar-refractivity contribution in [3.8, 4) is 0 Å². The van der Waals surface area contributed by atoms with Gasteiger partial charge in [0.15, 0.2) is 5.82 Å². The number of rotatable bonds is 2. The van der Waals surface area contributed by atoms with Gasteiger partial charge < -0.3 is 5.32 Å². The zero-order chi connectivity index (χ0) is 12.4. The summed E-state index contributed by atoms with van der Waals surface area (Å²) >= 11 is 6.35. The summed E-state index contributed by atoms with van der Waals surface area (Å²) in [5, 5.41) is 8.86. The van der Waals surface area contributed by atoms with Crippen molar-refractivity contribution in [1.29, 1.82) is 0 Å². The molecule has 2 aromatic rings. The molecule has 2 rings (SSSR count). The van der Waals surface area contributed by atoms with Crippen LogP contribution in [-0.2, 0) is 0 Å². The minimum atomic E-state index is -0.452. The molecule has 1 amide bonds. The highest BCUT2D eigenvalue weighted by molar-refractivity contribution is 9.11. The van der Waals surface area contributed by atoms with Crippen molar-refractivity contribution in [1.82, 2.24) is 25.1 Å². The number of carbonyl (C=O) groups excluding carboxylic acids is 1. The molecular formula is C8H6Br2N6O. The van der Waals surface area contributed by atoms with Crippen LogP contribution in [0, 0.1) is 6.92 Å². The lowest BCUT2D eigenvalue weighted by molar-refractivity contribution is 0.101. The standard InChI is InChI=1S/C8H6Br2N6O/c1-3-12-7(16-15-3)8(17)14-6-5(10)13-4(9)2-11-6/h2H,1H3,(H,11,14,17)(H,12,15,16). The maximum absolute atomic E-state index is 11.7. The molecule has 0 saturated heterocycles. The fourth-order valence-corrected chi connectivity index (χ4v) is 1.95. The minimum absolute atomic E-state index is 0.0547. The summed E-state index contributed by atoms with van der Waals surface area (Å²) in [5.74, 6) is 0.475. The van der Waals surface area contributed by atoms with Crippen LogP contribution in [0.4, 0.5) is 5.82 Å². The first-order chi connectivity index (χ1) is 8.06. The SMILES string of the molecule is Cc1nc(C(=O)Nc2ncc(Br)nc2Br)n[nH]1. The summed E-state index contributed by atoms with van der Waals surface area (Å²) in [7, 11) is 0. The van der Waals surface area contributed by atoms with Crippen molar-refractivity contribution >= 4 is 43.6 Å². The summed E-state index contributed by atoms with van der Waals surface area (Å²) in [4.78, 5) is 23.6. The third-order valence-corrected chi connectivity index (χ3v) is 2.67. The largest absolute Gasteiger partial charge is 0.301 e. The van der Waals surface area contributed by atoms with Gasteiger partial charge in [0.25, 0.3) is 5.91 Å². The number of aromatic nitrogens is 5. The third-order valence-electron chi connectivity index (χ3n) is 1.73. The number of hydrogen-bond acceptors (Lipinski definition) is 5. The van der Waals surface area contributed by atoms with Crippen LogP contribution in [0.5, 0.6) is 0 Å². The number of hydrogen-bond donors (Lipinski definition) is 2. The van der Waals surface area contributed by atoms with E-state index in [4.69, 9.17) is 0 Å². The monoisotopic (exact) mass is 360 g/mol. The van der Waals surface area contributed by atoms with E-state index >= 15 is 0 Å². The van der Waals surface area contributed by atoms with Gasteiger partial charge in [0.1, 0.15) is 15.0 Å². The van der Waals surface area contributed by atoms with Crippen molar-refractivity contribution in [2.45, 2.75) is 6.92 Å². The smallest absolute Gasteiger partial charge is 0.296 e. The number of nitrogens with one attached hydrogen (secondary N) is 2. The van der Waals surface area contributed by atoms with E-state index in [-0.39, 0.29) is 5.82 Å². The lowest BCUT2D eigenvalue weighted by atomic mass is 10.5. The van der Waals surface area contributed by atoms with Gasteiger partial charge in [-0.15, -0.1) is 5.10 Å². The minimum Gasteiger partial charge on any atom is -0.301 e. The van der Waals surface area contributed by atoms with E-state index in [0.29, 0.717) is 20.8 Å². The Kier molecular flexibility index (Phi) is 3.48. The first kappa shape index (κ1) is 12.1. The molecule has 9 heteroatoms. The van der Waals surface area contributed by atoms with E-state index in [1.54, 1.807) is 6.92 Å². The van der Waals surface area contributed by atoms with E-state index in [9.17, 15) is 4.79 Å². The molecule has 0 atom stereocenters. The van der Waals surface area contributed by atoms with Crippen molar-refractivity contribution in [2.75, 3.05) is 5.32 Å². The maximum atomic E-state index is 11.7. The van der Waals surface area contributed by atoms with Crippen molar-refractivity contribution in [2.24, 2.45) is 0 Å². The molecule has 0 aliphatic heterocycles. The second-order valence-corrected chi connectivity index (χ2v) is 4.59. The highest BCUT2D eigenvalue weighted by Gasteiger charge is 2.14. The van der Waals surface area contributed by atoms with E-state index in [2.05, 4.69) is 62.3 Å². The molecule has 2 heterocycles. The predicted molar refractivity (Wildman–Crippen MR) is 66.5 cm³/mol. The Morgan fingerprint density at radius 1 is 1.41 bits per heavy atom. The van der Waals surface area contributed by atoms with Gasteiger partial charge >= 0.3 is 0 Å². The molecule has 0 spiro atoms. The Morgan fingerprint density at radius 2 is 2.18 bits per heavy atom. The van der Waals surface area contributed by atoms with E-state index in [0.717, 1.165) is 0 Å². The Labute approximate surface area is 113 Å². The van der Waals surface area contributed by atoms with Crippen LogP contribution in [-0.4, -0.2) is 31.1 Å². The van der Waals surface area contributed by atoms with Gasteiger partial charge in [-0.25, -0.2) is 15.0 Å². The molecule has 2 aromatic heterocycles.